The van der Waals surface area contributed by atoms with E-state index in [0.29, 0.717) is 35.7 Å². The maximum Gasteiger partial charge on any atom is 0.234 e. The number of carbonyl (C=O) groups is 1. The van der Waals surface area contributed by atoms with Gasteiger partial charge in [0.05, 0.1) is 40.6 Å². The van der Waals surface area contributed by atoms with E-state index in [1.54, 1.807) is 6.92 Å². The fourth-order valence-corrected chi connectivity index (χ4v) is 6.01. The molecule has 0 radical (unpaired) electrons. The highest BCUT2D eigenvalue weighted by molar-refractivity contribution is 7.99. The van der Waals surface area contributed by atoms with Crippen molar-refractivity contribution in [1.29, 1.82) is 0 Å². The van der Waals surface area contributed by atoms with Crippen LogP contribution in [0, 0.1) is 17.5 Å². The van der Waals surface area contributed by atoms with Crippen LogP contribution in [0.3, 0.4) is 0 Å². The van der Waals surface area contributed by atoms with Crippen LogP contribution >= 0.6 is 11.8 Å². The summed E-state index contributed by atoms with van der Waals surface area (Å²) in [4.78, 5) is 22.0. The fourth-order valence-electron chi connectivity index (χ4n) is 3.65. The van der Waals surface area contributed by atoms with Crippen molar-refractivity contribution in [2.24, 2.45) is 0 Å². The lowest BCUT2D eigenvalue weighted by atomic mass is 10.1. The molecule has 0 bridgehead atoms. The number of carbonyl (C=O) groups excluding carboxylic acids is 1. The molecule has 184 valence electrons. The summed E-state index contributed by atoms with van der Waals surface area (Å²) in [5.74, 6) is -5.85. The molecule has 0 aliphatic carbocycles. The van der Waals surface area contributed by atoms with Gasteiger partial charge in [0.15, 0.2) is 17.5 Å². The van der Waals surface area contributed by atoms with E-state index in [1.165, 1.54) is 18.1 Å². The predicted molar refractivity (Wildman–Crippen MR) is 121 cm³/mol. The van der Waals surface area contributed by atoms with Gasteiger partial charge in [-0.25, -0.2) is 31.6 Å². The van der Waals surface area contributed by atoms with Crippen molar-refractivity contribution in [1.82, 2.24) is 9.97 Å². The molecule has 4 rings (SSSR count). The number of sulfonamides is 1. The second-order valence-corrected chi connectivity index (χ2v) is 10.7. The van der Waals surface area contributed by atoms with Crippen LogP contribution in [0.5, 0.6) is 0 Å². The first-order chi connectivity index (χ1) is 16.2. The molecule has 0 spiro atoms. The third-order valence-electron chi connectivity index (χ3n) is 5.29. The molecule has 2 aromatic rings. The van der Waals surface area contributed by atoms with Crippen LogP contribution in [0.15, 0.2) is 17.3 Å². The van der Waals surface area contributed by atoms with Crippen molar-refractivity contribution >= 4 is 44.9 Å². The van der Waals surface area contributed by atoms with Crippen LogP contribution in [-0.2, 0) is 19.6 Å². The molecule has 9 nitrogen and oxygen atoms in total. The third kappa shape index (κ3) is 5.08. The molecule has 1 saturated heterocycles. The van der Waals surface area contributed by atoms with Gasteiger partial charge in [-0.1, -0.05) is 6.92 Å². The number of thioether (sulfide) groups is 1. The van der Waals surface area contributed by atoms with Crippen molar-refractivity contribution in [3.63, 3.8) is 0 Å². The Kier molecular flexibility index (Phi) is 7.19. The smallest absolute Gasteiger partial charge is 0.234 e. The SMILES string of the molecule is CCCS(=O)(=O)Nc1cc(F)c(F)c(NC(=O)C2CSc3c(NC4CCOC4)ncnc32)c1F. The van der Waals surface area contributed by atoms with Gasteiger partial charge in [-0.2, -0.15) is 0 Å². The fraction of sp³-hybridized carbons (Fsp3) is 0.450. The normalized spacial score (nSPS) is 19.6. The van der Waals surface area contributed by atoms with Gasteiger partial charge in [0, 0.05) is 18.4 Å². The number of fused-ring (bicyclic) bond motifs is 1. The molecule has 14 heteroatoms. The molecule has 2 aliphatic rings. The Hall–Kier alpha value is -2.58. The molecule has 1 aromatic carbocycles. The lowest BCUT2D eigenvalue weighted by Crippen LogP contribution is -2.25. The summed E-state index contributed by atoms with van der Waals surface area (Å²) in [6.45, 7) is 2.75. The van der Waals surface area contributed by atoms with Crippen molar-refractivity contribution in [2.75, 3.05) is 40.1 Å². The number of ether oxygens (including phenoxy) is 1. The number of benzene rings is 1. The quantitative estimate of drug-likeness (QED) is 0.457. The number of aromatic nitrogens is 2. The average Bonchev–Trinajstić information content (AvgIpc) is 3.45. The van der Waals surface area contributed by atoms with Crippen molar-refractivity contribution in [3.05, 3.63) is 35.5 Å². The number of anilines is 3. The first-order valence-electron chi connectivity index (χ1n) is 10.5. The zero-order valence-electron chi connectivity index (χ0n) is 18.0. The molecule has 2 unspecified atom stereocenters. The van der Waals surface area contributed by atoms with E-state index in [4.69, 9.17) is 4.74 Å². The molecule has 2 atom stereocenters. The number of hydrogen-bond acceptors (Lipinski definition) is 8. The van der Waals surface area contributed by atoms with E-state index in [2.05, 4.69) is 20.6 Å². The van der Waals surface area contributed by atoms with Crippen LogP contribution < -0.4 is 15.4 Å². The zero-order chi connectivity index (χ0) is 24.5. The molecule has 2 aliphatic heterocycles. The van der Waals surface area contributed by atoms with E-state index in [1.807, 2.05) is 4.72 Å². The largest absolute Gasteiger partial charge is 0.379 e. The summed E-state index contributed by atoms with van der Waals surface area (Å²) < 4.78 is 74.6. The van der Waals surface area contributed by atoms with Crippen LogP contribution in [0.1, 0.15) is 31.4 Å². The van der Waals surface area contributed by atoms with E-state index in [-0.39, 0.29) is 24.0 Å². The Labute approximate surface area is 198 Å². The number of nitrogens with one attached hydrogen (secondary N) is 3. The summed E-state index contributed by atoms with van der Waals surface area (Å²) in [6.07, 6.45) is 2.32. The first kappa shape index (κ1) is 24.5. The molecule has 3 N–H and O–H groups in total. The highest BCUT2D eigenvalue weighted by atomic mass is 32.2. The van der Waals surface area contributed by atoms with Gasteiger partial charge in [0.25, 0.3) is 0 Å². The Morgan fingerprint density at radius 3 is 2.76 bits per heavy atom. The molecule has 1 amide bonds. The van der Waals surface area contributed by atoms with Crippen LogP contribution in [0.2, 0.25) is 0 Å². The molecule has 0 saturated carbocycles. The molecule has 1 aromatic heterocycles. The number of hydrogen-bond donors (Lipinski definition) is 3. The van der Waals surface area contributed by atoms with Gasteiger partial charge < -0.3 is 15.4 Å². The number of rotatable bonds is 8. The lowest BCUT2D eigenvalue weighted by molar-refractivity contribution is -0.117. The van der Waals surface area contributed by atoms with Crippen molar-refractivity contribution < 1.29 is 31.1 Å². The topological polar surface area (TPSA) is 122 Å². The Bertz CT molecular complexity index is 1210. The summed E-state index contributed by atoms with van der Waals surface area (Å²) in [6, 6.07) is 0.462. The Morgan fingerprint density at radius 2 is 2.06 bits per heavy atom. The molecular formula is C20H22F3N5O4S2. The number of halogens is 3. The summed E-state index contributed by atoms with van der Waals surface area (Å²) in [5.41, 5.74) is -1.50. The minimum atomic E-state index is -3.98. The maximum atomic E-state index is 14.9. The predicted octanol–water partition coefficient (Wildman–Crippen LogP) is 3.07. The second kappa shape index (κ2) is 9.96. The van der Waals surface area contributed by atoms with Crippen LogP contribution in [0.4, 0.5) is 30.4 Å². The van der Waals surface area contributed by atoms with Gasteiger partial charge in [0.1, 0.15) is 17.8 Å². The monoisotopic (exact) mass is 517 g/mol. The van der Waals surface area contributed by atoms with Gasteiger partial charge >= 0.3 is 0 Å². The van der Waals surface area contributed by atoms with Crippen LogP contribution in [-0.4, -0.2) is 55.1 Å². The highest BCUT2D eigenvalue weighted by Gasteiger charge is 2.35. The molecule has 3 heterocycles. The third-order valence-corrected chi connectivity index (χ3v) is 7.95. The van der Waals surface area contributed by atoms with Gasteiger partial charge in [0.2, 0.25) is 15.9 Å². The molecule has 1 fully saturated rings. The van der Waals surface area contributed by atoms with Crippen molar-refractivity contribution in [2.45, 2.75) is 36.6 Å². The zero-order valence-corrected chi connectivity index (χ0v) is 19.7. The summed E-state index contributed by atoms with van der Waals surface area (Å²) >= 11 is 1.31. The second-order valence-electron chi connectivity index (χ2n) is 7.82. The highest BCUT2D eigenvalue weighted by Crippen LogP contribution is 2.43. The standard InChI is InChI=1S/C20H22F3N5O4S2/c1-2-5-34(30,31)28-13-6-12(21)14(22)17(15(13)23)27-20(29)11-8-33-18-16(11)24-9-25-19(18)26-10-3-4-32-7-10/h6,9-11,28H,2-5,7-8H2,1H3,(H,27,29)(H,24,25,26). The van der Waals surface area contributed by atoms with E-state index in [0.717, 1.165) is 6.42 Å². The average molecular weight is 518 g/mol. The van der Waals surface area contributed by atoms with E-state index < -0.39 is 50.7 Å². The van der Waals surface area contributed by atoms with Gasteiger partial charge in [-0.15, -0.1) is 11.8 Å². The number of amides is 1. The first-order valence-corrected chi connectivity index (χ1v) is 13.1. The summed E-state index contributed by atoms with van der Waals surface area (Å²) in [5, 5.41) is 5.33. The minimum absolute atomic E-state index is 0.0675. The van der Waals surface area contributed by atoms with E-state index >= 15 is 0 Å². The number of nitrogens with zero attached hydrogens (tertiary/aromatic N) is 2. The van der Waals surface area contributed by atoms with Gasteiger partial charge in [-0.3, -0.25) is 9.52 Å². The minimum Gasteiger partial charge on any atom is -0.379 e. The Morgan fingerprint density at radius 1 is 1.26 bits per heavy atom. The maximum absolute atomic E-state index is 14.9. The molecular weight excluding hydrogens is 495 g/mol. The lowest BCUT2D eigenvalue weighted by Gasteiger charge is -2.16. The van der Waals surface area contributed by atoms with E-state index in [9.17, 15) is 26.4 Å². The van der Waals surface area contributed by atoms with Gasteiger partial charge in [-0.05, 0) is 12.8 Å². The molecule has 34 heavy (non-hydrogen) atoms. The van der Waals surface area contributed by atoms with Crippen LogP contribution in [0.25, 0.3) is 0 Å². The Balaban J connectivity index is 1.57. The van der Waals surface area contributed by atoms with Crippen molar-refractivity contribution in [3.8, 4) is 0 Å². The summed E-state index contributed by atoms with van der Waals surface area (Å²) in [7, 11) is -3.98.